The van der Waals surface area contributed by atoms with Crippen LogP contribution in [0.1, 0.15) is 49.4 Å². The Labute approximate surface area is 110 Å². The molecule has 2 nitrogen and oxygen atoms in total. The Morgan fingerprint density at radius 1 is 1.17 bits per heavy atom. The van der Waals surface area contributed by atoms with E-state index in [2.05, 4.69) is 31.0 Å². The Morgan fingerprint density at radius 2 is 1.78 bits per heavy atom. The molecule has 2 rings (SSSR count). The lowest BCUT2D eigenvalue weighted by Gasteiger charge is -2.35. The fourth-order valence-electron chi connectivity index (χ4n) is 2.94. The van der Waals surface area contributed by atoms with Crippen molar-refractivity contribution in [2.24, 2.45) is 5.92 Å². The van der Waals surface area contributed by atoms with Crippen LogP contribution in [0.5, 0.6) is 0 Å². The van der Waals surface area contributed by atoms with E-state index in [0.717, 1.165) is 17.8 Å². The third-order valence-electron chi connectivity index (χ3n) is 4.38. The third-order valence-corrected chi connectivity index (χ3v) is 4.38. The van der Waals surface area contributed by atoms with Gasteiger partial charge >= 0.3 is 0 Å². The van der Waals surface area contributed by atoms with Crippen molar-refractivity contribution in [1.82, 2.24) is 0 Å². The number of anilines is 1. The third kappa shape index (κ3) is 2.92. The van der Waals surface area contributed by atoms with E-state index < -0.39 is 0 Å². The minimum atomic E-state index is 0.662. The Kier molecular flexibility index (Phi) is 4.40. The van der Waals surface area contributed by atoms with Gasteiger partial charge in [0.2, 0.25) is 0 Å². The molecule has 98 valence electrons. The van der Waals surface area contributed by atoms with E-state index in [1.54, 1.807) is 0 Å². The summed E-state index contributed by atoms with van der Waals surface area (Å²) >= 11 is 0. The van der Waals surface area contributed by atoms with Gasteiger partial charge < -0.3 is 4.90 Å². The van der Waals surface area contributed by atoms with Crippen LogP contribution in [0.2, 0.25) is 0 Å². The van der Waals surface area contributed by atoms with Gasteiger partial charge in [-0.05, 0) is 55.9 Å². The molecule has 0 N–H and O–H groups in total. The van der Waals surface area contributed by atoms with Crippen molar-refractivity contribution in [3.63, 3.8) is 0 Å². The summed E-state index contributed by atoms with van der Waals surface area (Å²) in [6.45, 7) is 2.30. The van der Waals surface area contributed by atoms with Crippen LogP contribution in [-0.4, -0.2) is 19.4 Å². The monoisotopic (exact) mass is 245 g/mol. The molecule has 1 aliphatic carbocycles. The van der Waals surface area contributed by atoms with E-state index in [-0.39, 0.29) is 0 Å². The summed E-state index contributed by atoms with van der Waals surface area (Å²) in [6, 6.07) is 8.56. The topological polar surface area (TPSA) is 20.3 Å². The zero-order chi connectivity index (χ0) is 13.0. The van der Waals surface area contributed by atoms with Crippen LogP contribution >= 0.6 is 0 Å². The molecule has 0 aromatic heterocycles. The number of carbonyl (C=O) groups excluding carboxylic acids is 1. The van der Waals surface area contributed by atoms with Crippen molar-refractivity contribution >= 4 is 12.0 Å². The fourth-order valence-corrected chi connectivity index (χ4v) is 2.94. The molecule has 0 saturated heterocycles. The summed E-state index contributed by atoms with van der Waals surface area (Å²) in [4.78, 5) is 13.0. The number of benzene rings is 1. The predicted octanol–water partition coefficient (Wildman–Crippen LogP) is 3.90. The fraction of sp³-hybridized carbons (Fsp3) is 0.562. The number of hydrogen-bond acceptors (Lipinski definition) is 2. The van der Waals surface area contributed by atoms with E-state index in [9.17, 15) is 4.79 Å². The molecule has 18 heavy (non-hydrogen) atoms. The summed E-state index contributed by atoms with van der Waals surface area (Å²) in [7, 11) is 2.17. The molecule has 0 bridgehead atoms. The zero-order valence-corrected chi connectivity index (χ0v) is 11.4. The van der Waals surface area contributed by atoms with Gasteiger partial charge in [-0.3, -0.25) is 4.79 Å². The number of nitrogens with zero attached hydrogens (tertiary/aromatic N) is 1. The molecule has 1 fully saturated rings. The molecule has 0 atom stereocenters. The van der Waals surface area contributed by atoms with Crippen LogP contribution in [0.25, 0.3) is 0 Å². The van der Waals surface area contributed by atoms with Gasteiger partial charge in [0.15, 0.2) is 0 Å². The van der Waals surface area contributed by atoms with Crippen LogP contribution in [0.15, 0.2) is 24.3 Å². The zero-order valence-electron chi connectivity index (χ0n) is 11.4. The first-order valence-electron chi connectivity index (χ1n) is 7.02. The molecule has 2 heteroatoms. The average Bonchev–Trinajstić information content (AvgIpc) is 2.47. The Balaban J connectivity index is 1.98. The Morgan fingerprint density at radius 3 is 2.28 bits per heavy atom. The highest BCUT2D eigenvalue weighted by atomic mass is 16.1. The van der Waals surface area contributed by atoms with E-state index in [4.69, 9.17) is 0 Å². The van der Waals surface area contributed by atoms with Crippen LogP contribution in [0, 0.1) is 5.92 Å². The smallest absolute Gasteiger partial charge is 0.150 e. The molecule has 1 aromatic carbocycles. The normalized spacial score (nSPS) is 23.7. The lowest BCUT2D eigenvalue weighted by molar-refractivity contribution is 0.112. The van der Waals surface area contributed by atoms with Gasteiger partial charge in [0.1, 0.15) is 6.29 Å². The maximum atomic E-state index is 10.6. The second-order valence-corrected chi connectivity index (χ2v) is 5.40. The molecule has 0 unspecified atom stereocenters. The highest BCUT2D eigenvalue weighted by Crippen LogP contribution is 2.31. The minimum absolute atomic E-state index is 0.662. The van der Waals surface area contributed by atoms with Crippen LogP contribution in [0.4, 0.5) is 5.69 Å². The molecule has 1 aromatic rings. The first kappa shape index (κ1) is 13.1. The second kappa shape index (κ2) is 6.03. The quantitative estimate of drug-likeness (QED) is 0.750. The van der Waals surface area contributed by atoms with Gasteiger partial charge in [-0.2, -0.15) is 0 Å². The summed E-state index contributed by atoms with van der Waals surface area (Å²) < 4.78 is 0. The molecule has 1 aliphatic rings. The maximum absolute atomic E-state index is 10.6. The van der Waals surface area contributed by atoms with Crippen LogP contribution in [-0.2, 0) is 0 Å². The molecule has 0 heterocycles. The van der Waals surface area contributed by atoms with Crippen molar-refractivity contribution in [2.45, 2.75) is 45.1 Å². The van der Waals surface area contributed by atoms with Gasteiger partial charge in [0, 0.05) is 24.3 Å². The number of hydrogen-bond donors (Lipinski definition) is 0. The SMILES string of the molecule is CCC1CCC(N(C)c2ccc(C=O)cc2)CC1. The summed E-state index contributed by atoms with van der Waals surface area (Å²) in [5.74, 6) is 0.937. The van der Waals surface area contributed by atoms with Crippen LogP contribution < -0.4 is 4.90 Å². The first-order chi connectivity index (χ1) is 8.74. The number of carbonyl (C=O) groups is 1. The summed E-state index contributed by atoms with van der Waals surface area (Å²) in [5.41, 5.74) is 1.97. The molecule has 0 radical (unpaired) electrons. The van der Waals surface area contributed by atoms with Crippen molar-refractivity contribution in [3.8, 4) is 0 Å². The van der Waals surface area contributed by atoms with Crippen LogP contribution in [0.3, 0.4) is 0 Å². The average molecular weight is 245 g/mol. The highest BCUT2D eigenvalue weighted by Gasteiger charge is 2.23. The van der Waals surface area contributed by atoms with E-state index in [0.29, 0.717) is 6.04 Å². The van der Waals surface area contributed by atoms with Crippen molar-refractivity contribution in [1.29, 1.82) is 0 Å². The molecule has 0 amide bonds. The van der Waals surface area contributed by atoms with Gasteiger partial charge in [-0.25, -0.2) is 0 Å². The summed E-state index contributed by atoms with van der Waals surface area (Å²) in [6.07, 6.45) is 7.53. The Bertz CT molecular complexity index is 377. The number of aldehydes is 1. The predicted molar refractivity (Wildman–Crippen MR) is 76.3 cm³/mol. The minimum Gasteiger partial charge on any atom is -0.372 e. The van der Waals surface area contributed by atoms with Crippen molar-refractivity contribution < 1.29 is 4.79 Å². The molecule has 0 aliphatic heterocycles. The second-order valence-electron chi connectivity index (χ2n) is 5.40. The van der Waals surface area contributed by atoms with Gasteiger partial charge in [0.25, 0.3) is 0 Å². The molecule has 0 spiro atoms. The van der Waals surface area contributed by atoms with Gasteiger partial charge in [-0.15, -0.1) is 0 Å². The van der Waals surface area contributed by atoms with E-state index in [1.165, 1.54) is 37.8 Å². The van der Waals surface area contributed by atoms with Gasteiger partial charge in [0.05, 0.1) is 0 Å². The van der Waals surface area contributed by atoms with Gasteiger partial charge in [-0.1, -0.05) is 13.3 Å². The lowest BCUT2D eigenvalue weighted by Crippen LogP contribution is -2.35. The Hall–Kier alpha value is -1.31. The van der Waals surface area contributed by atoms with E-state index >= 15 is 0 Å². The standard InChI is InChI=1S/C16H23NO/c1-3-13-4-8-15(9-5-13)17(2)16-10-6-14(12-18)7-11-16/h6-7,10-13,15H,3-5,8-9H2,1-2H3. The largest absolute Gasteiger partial charge is 0.372 e. The van der Waals surface area contributed by atoms with Crippen molar-refractivity contribution in [3.05, 3.63) is 29.8 Å². The van der Waals surface area contributed by atoms with Crippen molar-refractivity contribution in [2.75, 3.05) is 11.9 Å². The molecular formula is C16H23NO. The lowest BCUT2D eigenvalue weighted by atomic mass is 9.84. The first-order valence-corrected chi connectivity index (χ1v) is 7.02. The molecule has 1 saturated carbocycles. The molecular weight excluding hydrogens is 222 g/mol. The highest BCUT2D eigenvalue weighted by molar-refractivity contribution is 5.75. The maximum Gasteiger partial charge on any atom is 0.150 e. The number of rotatable bonds is 4. The van der Waals surface area contributed by atoms with E-state index in [1.807, 2.05) is 12.1 Å². The summed E-state index contributed by atoms with van der Waals surface area (Å²) in [5, 5.41) is 0.